The number of aliphatic hydroxyl groups excluding tert-OH is 3. The Hall–Kier alpha value is -1.47. The van der Waals surface area contributed by atoms with Gasteiger partial charge in [0.05, 0.1) is 25.2 Å². The Balaban J connectivity index is 0.000000240. The van der Waals surface area contributed by atoms with Crippen LogP contribution in [0.2, 0.25) is 0 Å². The molecule has 192 valence electrons. The quantitative estimate of drug-likeness (QED) is 0.226. The molecule has 0 aliphatic heterocycles. The highest BCUT2D eigenvalue weighted by Crippen LogP contribution is 2.31. The zero-order valence-corrected chi connectivity index (χ0v) is 21.7. The monoisotopic (exact) mass is 492 g/mol. The molecule has 2 aromatic rings. The average Bonchev–Trinajstić information content (AvgIpc) is 3.53. The first-order valence-electron chi connectivity index (χ1n) is 13.0. The highest BCUT2D eigenvalue weighted by Gasteiger charge is 2.30. The van der Waals surface area contributed by atoms with Gasteiger partial charge in [-0.2, -0.15) is 0 Å². The predicted octanol–water partition coefficient (Wildman–Crippen LogP) is 5.88. The first-order valence-corrected chi connectivity index (χ1v) is 13.8. The lowest BCUT2D eigenvalue weighted by atomic mass is 9.93. The van der Waals surface area contributed by atoms with Crippen LogP contribution in [0.25, 0.3) is 10.1 Å². The predicted molar refractivity (Wildman–Crippen MR) is 140 cm³/mol. The number of ether oxygens (including phenoxy) is 1. The number of carbonyl (C=O) groups is 1. The van der Waals surface area contributed by atoms with Gasteiger partial charge in [0.15, 0.2) is 0 Å². The lowest BCUT2D eigenvalue weighted by Gasteiger charge is -2.26. The second kappa shape index (κ2) is 16.2. The van der Waals surface area contributed by atoms with Crippen LogP contribution in [0.1, 0.15) is 82.4 Å². The molecule has 0 radical (unpaired) electrons. The van der Waals surface area contributed by atoms with Crippen LogP contribution in [0, 0.1) is 11.3 Å². The van der Waals surface area contributed by atoms with Crippen LogP contribution >= 0.6 is 11.3 Å². The number of thiophene rings is 1. The molecule has 1 aromatic heterocycles. The number of aryl methyl sites for hydroxylation is 1. The molecule has 1 aromatic carbocycles. The van der Waals surface area contributed by atoms with E-state index in [9.17, 15) is 4.79 Å². The fourth-order valence-electron chi connectivity index (χ4n) is 4.31. The minimum Gasteiger partial charge on any atom is -0.465 e. The van der Waals surface area contributed by atoms with Crippen LogP contribution in [0.5, 0.6) is 0 Å². The second-order valence-electron chi connectivity index (χ2n) is 9.74. The third kappa shape index (κ3) is 10.0. The summed E-state index contributed by atoms with van der Waals surface area (Å²) in [4.78, 5) is 12.9. The van der Waals surface area contributed by atoms with Gasteiger partial charge in [0, 0.05) is 16.0 Å². The number of hydrogen-bond acceptors (Lipinski definition) is 6. The Morgan fingerprint density at radius 2 is 1.74 bits per heavy atom. The Labute approximate surface area is 209 Å². The molecule has 1 aliphatic carbocycles. The Bertz CT molecular complexity index is 767. The molecule has 0 unspecified atom stereocenters. The van der Waals surface area contributed by atoms with Crippen molar-refractivity contribution in [3.63, 3.8) is 0 Å². The van der Waals surface area contributed by atoms with Gasteiger partial charge >= 0.3 is 5.97 Å². The van der Waals surface area contributed by atoms with Crippen LogP contribution in [-0.4, -0.2) is 47.7 Å². The maximum absolute atomic E-state index is 11.3. The van der Waals surface area contributed by atoms with Crippen LogP contribution in [0.3, 0.4) is 0 Å². The van der Waals surface area contributed by atoms with Crippen molar-refractivity contribution in [3.8, 4) is 0 Å². The first-order chi connectivity index (χ1) is 16.6. The minimum atomic E-state index is -1.13. The van der Waals surface area contributed by atoms with Crippen molar-refractivity contribution in [2.45, 2.75) is 84.0 Å². The number of unbranched alkanes of at least 4 members (excludes halogenated alkanes) is 3. The maximum atomic E-state index is 11.3. The Morgan fingerprint density at radius 1 is 1.03 bits per heavy atom. The van der Waals surface area contributed by atoms with E-state index in [0.29, 0.717) is 6.42 Å². The zero-order chi connectivity index (χ0) is 24.7. The number of fused-ring (bicyclic) bond motifs is 1. The Morgan fingerprint density at radius 3 is 2.38 bits per heavy atom. The van der Waals surface area contributed by atoms with E-state index in [1.807, 2.05) is 11.3 Å². The molecule has 6 heteroatoms. The van der Waals surface area contributed by atoms with Crippen LogP contribution in [0.4, 0.5) is 0 Å². The number of carbonyl (C=O) groups excluding carboxylic acids is 1. The molecule has 1 fully saturated rings. The molecule has 0 bridgehead atoms. The molecule has 0 spiro atoms. The van der Waals surface area contributed by atoms with Crippen molar-refractivity contribution in [3.05, 3.63) is 35.2 Å². The van der Waals surface area contributed by atoms with Crippen LogP contribution < -0.4 is 0 Å². The smallest absolute Gasteiger partial charge is 0.305 e. The summed E-state index contributed by atoms with van der Waals surface area (Å²) in [5.41, 5.74) is -1.13. The average molecular weight is 493 g/mol. The summed E-state index contributed by atoms with van der Waals surface area (Å²) < 4.78 is 6.39. The van der Waals surface area contributed by atoms with Gasteiger partial charge in [-0.25, -0.2) is 0 Å². The Kier molecular flexibility index (Phi) is 13.7. The lowest BCUT2D eigenvalue weighted by molar-refractivity contribution is -0.151. The van der Waals surface area contributed by atoms with Crippen molar-refractivity contribution in [2.75, 3.05) is 26.4 Å². The van der Waals surface area contributed by atoms with E-state index in [4.69, 9.17) is 20.1 Å². The molecular formula is C28H44O5S. The SMILES string of the molecule is CCCCCCC(=O)OCC(CO)(CO)CO.c1ccc2sc(CCCC3CCCC3)cc2c1. The topological polar surface area (TPSA) is 87.0 Å². The molecule has 0 amide bonds. The summed E-state index contributed by atoms with van der Waals surface area (Å²) in [5, 5.41) is 28.5. The van der Waals surface area contributed by atoms with Crippen molar-refractivity contribution in [1.82, 2.24) is 0 Å². The third-order valence-corrected chi connectivity index (χ3v) is 7.94. The van der Waals surface area contributed by atoms with E-state index in [-0.39, 0.29) is 12.6 Å². The van der Waals surface area contributed by atoms with Crippen molar-refractivity contribution in [2.24, 2.45) is 11.3 Å². The van der Waals surface area contributed by atoms with E-state index >= 15 is 0 Å². The summed E-state index contributed by atoms with van der Waals surface area (Å²) in [6, 6.07) is 11.1. The standard InChI is InChI=1S/C16H20S.C12H24O5/c1-2-7-13(6-1)8-5-10-15-12-14-9-3-4-11-16(14)17-15;1-2-3-4-5-6-11(16)17-10-12(7-13,8-14)9-15/h3-4,9,11-13H,1-2,5-8,10H2;13-15H,2-10H2,1H3. The summed E-state index contributed by atoms with van der Waals surface area (Å²) in [5.74, 6) is 0.699. The van der Waals surface area contributed by atoms with Crippen LogP contribution in [-0.2, 0) is 16.0 Å². The summed E-state index contributed by atoms with van der Waals surface area (Å²) in [7, 11) is 0. The molecule has 3 N–H and O–H groups in total. The fraction of sp³-hybridized carbons (Fsp3) is 0.679. The van der Waals surface area contributed by atoms with E-state index in [0.717, 1.165) is 31.6 Å². The molecule has 3 rings (SSSR count). The molecule has 1 aliphatic rings. The number of aliphatic hydroxyl groups is 3. The number of rotatable bonds is 14. The van der Waals surface area contributed by atoms with E-state index in [1.54, 1.807) is 4.88 Å². The van der Waals surface area contributed by atoms with Gasteiger partial charge in [-0.1, -0.05) is 76.5 Å². The number of benzene rings is 1. The summed E-state index contributed by atoms with van der Waals surface area (Å²) >= 11 is 1.98. The van der Waals surface area contributed by atoms with E-state index in [2.05, 4.69) is 37.3 Å². The fourth-order valence-corrected chi connectivity index (χ4v) is 5.42. The highest BCUT2D eigenvalue weighted by molar-refractivity contribution is 7.19. The largest absolute Gasteiger partial charge is 0.465 e. The van der Waals surface area contributed by atoms with E-state index in [1.165, 1.54) is 55.0 Å². The third-order valence-electron chi connectivity index (χ3n) is 6.77. The van der Waals surface area contributed by atoms with Gasteiger partial charge in [-0.3, -0.25) is 4.79 Å². The number of hydrogen-bond donors (Lipinski definition) is 3. The zero-order valence-electron chi connectivity index (χ0n) is 20.8. The molecule has 0 saturated heterocycles. The molecule has 1 saturated carbocycles. The minimum absolute atomic E-state index is 0.150. The molecule has 34 heavy (non-hydrogen) atoms. The first kappa shape index (κ1) is 28.8. The van der Waals surface area contributed by atoms with Gasteiger partial charge in [0.1, 0.15) is 6.61 Å². The summed E-state index contributed by atoms with van der Waals surface area (Å²) in [6.45, 7) is 0.703. The van der Waals surface area contributed by atoms with Crippen molar-refractivity contribution in [1.29, 1.82) is 0 Å². The van der Waals surface area contributed by atoms with Gasteiger partial charge in [-0.15, -0.1) is 11.3 Å². The van der Waals surface area contributed by atoms with Gasteiger partial charge in [0.25, 0.3) is 0 Å². The van der Waals surface area contributed by atoms with Gasteiger partial charge < -0.3 is 20.1 Å². The maximum Gasteiger partial charge on any atom is 0.305 e. The highest BCUT2D eigenvalue weighted by atomic mass is 32.1. The molecule has 0 atom stereocenters. The number of esters is 1. The van der Waals surface area contributed by atoms with Crippen molar-refractivity contribution >= 4 is 27.4 Å². The molecule has 1 heterocycles. The molecule has 5 nitrogen and oxygen atoms in total. The van der Waals surface area contributed by atoms with Gasteiger partial charge in [-0.05, 0) is 42.7 Å². The molecular weight excluding hydrogens is 448 g/mol. The van der Waals surface area contributed by atoms with Crippen LogP contribution in [0.15, 0.2) is 30.3 Å². The summed E-state index contributed by atoms with van der Waals surface area (Å²) in [6.07, 6.45) is 14.4. The second-order valence-corrected chi connectivity index (χ2v) is 10.9. The van der Waals surface area contributed by atoms with Gasteiger partial charge in [0.2, 0.25) is 0 Å². The lowest BCUT2D eigenvalue weighted by Crippen LogP contribution is -2.39. The normalized spacial score (nSPS) is 14.2. The van der Waals surface area contributed by atoms with E-state index < -0.39 is 25.2 Å². The van der Waals surface area contributed by atoms with Crippen molar-refractivity contribution < 1.29 is 24.9 Å².